The molecular formula is C23H21BrO5. The molecule has 150 valence electrons. The maximum absolute atomic E-state index is 11.0. The first-order valence-electron chi connectivity index (χ1n) is 9.27. The summed E-state index contributed by atoms with van der Waals surface area (Å²) in [5, 5.41) is 11.0. The molecule has 1 heterocycles. The minimum atomic E-state index is -0.889. The Morgan fingerprint density at radius 3 is 2.48 bits per heavy atom. The van der Waals surface area contributed by atoms with E-state index in [1.54, 1.807) is 19.2 Å². The third-order valence-corrected chi connectivity index (χ3v) is 5.32. The zero-order valence-electron chi connectivity index (χ0n) is 15.9. The lowest BCUT2D eigenvalue weighted by Crippen LogP contribution is -2.15. The molecule has 1 aliphatic heterocycles. The van der Waals surface area contributed by atoms with Crippen molar-refractivity contribution in [3.8, 4) is 23.0 Å². The Morgan fingerprint density at radius 2 is 1.72 bits per heavy atom. The van der Waals surface area contributed by atoms with Gasteiger partial charge in [-0.25, -0.2) is 0 Å². The van der Waals surface area contributed by atoms with E-state index in [-0.39, 0.29) is 0 Å². The topological polar surface area (TPSA) is 57.2 Å². The van der Waals surface area contributed by atoms with Crippen LogP contribution in [0.3, 0.4) is 0 Å². The SMILES string of the molecule is COc1cc(OCc2ccccc2)c(Br)cc1C(O)c1ccc2c(c1)OCCO2. The van der Waals surface area contributed by atoms with Crippen molar-refractivity contribution >= 4 is 15.9 Å². The lowest BCUT2D eigenvalue weighted by atomic mass is 10.00. The smallest absolute Gasteiger partial charge is 0.161 e. The predicted octanol–water partition coefficient (Wildman–Crippen LogP) is 4.89. The average molecular weight is 457 g/mol. The first-order valence-corrected chi connectivity index (χ1v) is 10.1. The maximum atomic E-state index is 11.0. The summed E-state index contributed by atoms with van der Waals surface area (Å²) in [5.74, 6) is 2.50. The number of aliphatic hydroxyl groups excluding tert-OH is 1. The van der Waals surface area contributed by atoms with Crippen molar-refractivity contribution < 1.29 is 24.1 Å². The Labute approximate surface area is 177 Å². The lowest BCUT2D eigenvalue weighted by molar-refractivity contribution is 0.169. The maximum Gasteiger partial charge on any atom is 0.161 e. The van der Waals surface area contributed by atoms with Crippen molar-refractivity contribution in [2.75, 3.05) is 20.3 Å². The van der Waals surface area contributed by atoms with Gasteiger partial charge < -0.3 is 24.1 Å². The highest BCUT2D eigenvalue weighted by Gasteiger charge is 2.21. The number of fused-ring (bicyclic) bond motifs is 1. The van der Waals surface area contributed by atoms with Crippen LogP contribution in [0.5, 0.6) is 23.0 Å². The zero-order chi connectivity index (χ0) is 20.2. The number of rotatable bonds is 6. The molecule has 0 amide bonds. The second-order valence-electron chi connectivity index (χ2n) is 6.60. The fraction of sp³-hybridized carbons (Fsp3) is 0.217. The fourth-order valence-electron chi connectivity index (χ4n) is 3.20. The number of hydrogen-bond donors (Lipinski definition) is 1. The Bertz CT molecular complexity index is 990. The normalized spacial score (nSPS) is 13.6. The van der Waals surface area contributed by atoms with Crippen LogP contribution in [0.25, 0.3) is 0 Å². The van der Waals surface area contributed by atoms with Crippen molar-refractivity contribution in [1.29, 1.82) is 0 Å². The Hall–Kier alpha value is -2.70. The number of aliphatic hydroxyl groups is 1. The molecule has 5 nitrogen and oxygen atoms in total. The summed E-state index contributed by atoms with van der Waals surface area (Å²) in [6.45, 7) is 1.46. The Balaban J connectivity index is 1.59. The standard InChI is InChI=1S/C23H21BrO5/c1-26-20-13-21(29-14-15-5-3-2-4-6-15)18(24)12-17(20)23(25)16-7-8-19-22(11-16)28-10-9-27-19/h2-8,11-13,23,25H,9-10,14H2,1H3. The van der Waals surface area contributed by atoms with Crippen molar-refractivity contribution in [2.45, 2.75) is 12.7 Å². The Kier molecular flexibility index (Phi) is 5.92. The molecule has 0 spiro atoms. The van der Waals surface area contributed by atoms with E-state index in [2.05, 4.69) is 15.9 Å². The third kappa shape index (κ3) is 4.33. The molecule has 0 aromatic heterocycles. The van der Waals surface area contributed by atoms with Crippen LogP contribution in [0.1, 0.15) is 22.8 Å². The van der Waals surface area contributed by atoms with Crippen molar-refractivity contribution in [1.82, 2.24) is 0 Å². The fourth-order valence-corrected chi connectivity index (χ4v) is 3.67. The van der Waals surface area contributed by atoms with Gasteiger partial charge in [-0.05, 0) is 45.3 Å². The lowest BCUT2D eigenvalue weighted by Gasteiger charge is -2.21. The summed E-state index contributed by atoms with van der Waals surface area (Å²) in [6.07, 6.45) is -0.889. The molecule has 29 heavy (non-hydrogen) atoms. The third-order valence-electron chi connectivity index (χ3n) is 4.70. The van der Waals surface area contributed by atoms with Crippen LogP contribution in [0, 0.1) is 0 Å². The predicted molar refractivity (Wildman–Crippen MR) is 113 cm³/mol. The first kappa shape index (κ1) is 19.6. The minimum Gasteiger partial charge on any atom is -0.496 e. The van der Waals surface area contributed by atoms with Gasteiger partial charge in [0.25, 0.3) is 0 Å². The first-order chi connectivity index (χ1) is 14.2. The summed E-state index contributed by atoms with van der Waals surface area (Å²) >= 11 is 3.55. The molecule has 0 fully saturated rings. The molecule has 0 saturated heterocycles. The number of benzene rings is 3. The van der Waals surface area contributed by atoms with E-state index in [1.807, 2.05) is 48.5 Å². The van der Waals surface area contributed by atoms with Gasteiger partial charge in [0.1, 0.15) is 37.4 Å². The van der Waals surface area contributed by atoms with E-state index in [4.69, 9.17) is 18.9 Å². The van der Waals surface area contributed by atoms with Crippen LogP contribution < -0.4 is 18.9 Å². The number of halogens is 1. The van der Waals surface area contributed by atoms with Crippen LogP contribution in [0.15, 0.2) is 65.1 Å². The van der Waals surface area contributed by atoms with Gasteiger partial charge in [-0.1, -0.05) is 36.4 Å². The molecule has 1 aliphatic rings. The van der Waals surface area contributed by atoms with E-state index >= 15 is 0 Å². The second kappa shape index (κ2) is 8.76. The van der Waals surface area contributed by atoms with Crippen molar-refractivity contribution in [3.05, 3.63) is 81.8 Å². The van der Waals surface area contributed by atoms with Gasteiger partial charge in [-0.3, -0.25) is 0 Å². The zero-order valence-corrected chi connectivity index (χ0v) is 17.5. The molecule has 3 aromatic rings. The summed E-state index contributed by atoms with van der Waals surface area (Å²) in [6, 6.07) is 19.0. The quantitative estimate of drug-likeness (QED) is 0.572. The molecule has 0 saturated carbocycles. The Morgan fingerprint density at radius 1 is 0.966 bits per heavy atom. The summed E-state index contributed by atoms with van der Waals surface area (Å²) < 4.78 is 23.4. The summed E-state index contributed by atoms with van der Waals surface area (Å²) in [4.78, 5) is 0. The van der Waals surface area contributed by atoms with Gasteiger partial charge in [0.2, 0.25) is 0 Å². The molecule has 1 N–H and O–H groups in total. The van der Waals surface area contributed by atoms with Crippen LogP contribution in [-0.2, 0) is 6.61 Å². The molecule has 1 unspecified atom stereocenters. The molecule has 6 heteroatoms. The van der Waals surface area contributed by atoms with E-state index < -0.39 is 6.10 Å². The average Bonchev–Trinajstić information content (AvgIpc) is 2.78. The molecule has 3 aromatic carbocycles. The van der Waals surface area contributed by atoms with E-state index in [9.17, 15) is 5.11 Å². The minimum absolute atomic E-state index is 0.437. The molecule has 4 rings (SSSR count). The van der Waals surface area contributed by atoms with Gasteiger partial charge >= 0.3 is 0 Å². The summed E-state index contributed by atoms with van der Waals surface area (Å²) in [7, 11) is 1.57. The van der Waals surface area contributed by atoms with Gasteiger partial charge in [-0.15, -0.1) is 0 Å². The second-order valence-corrected chi connectivity index (χ2v) is 7.46. The van der Waals surface area contributed by atoms with Crippen molar-refractivity contribution in [2.24, 2.45) is 0 Å². The van der Waals surface area contributed by atoms with Crippen LogP contribution in [0.2, 0.25) is 0 Å². The number of hydrogen-bond acceptors (Lipinski definition) is 5. The van der Waals surface area contributed by atoms with E-state index in [0.717, 1.165) is 10.0 Å². The monoisotopic (exact) mass is 456 g/mol. The molecule has 0 aliphatic carbocycles. The van der Waals surface area contributed by atoms with E-state index in [1.165, 1.54) is 0 Å². The number of methoxy groups -OCH3 is 1. The molecule has 0 radical (unpaired) electrons. The van der Waals surface area contributed by atoms with Gasteiger partial charge in [0.05, 0.1) is 11.6 Å². The molecule has 1 atom stereocenters. The van der Waals surface area contributed by atoms with Crippen LogP contribution in [0.4, 0.5) is 0 Å². The van der Waals surface area contributed by atoms with Crippen LogP contribution in [-0.4, -0.2) is 25.4 Å². The summed E-state index contributed by atoms with van der Waals surface area (Å²) in [5.41, 5.74) is 2.39. The van der Waals surface area contributed by atoms with Gasteiger partial charge in [-0.2, -0.15) is 0 Å². The highest BCUT2D eigenvalue weighted by molar-refractivity contribution is 9.10. The largest absolute Gasteiger partial charge is 0.496 e. The molecule has 0 bridgehead atoms. The van der Waals surface area contributed by atoms with Crippen LogP contribution >= 0.6 is 15.9 Å². The highest BCUT2D eigenvalue weighted by Crippen LogP contribution is 2.40. The highest BCUT2D eigenvalue weighted by atomic mass is 79.9. The van der Waals surface area contributed by atoms with Gasteiger partial charge in [0, 0.05) is 11.6 Å². The molecular weight excluding hydrogens is 436 g/mol. The van der Waals surface area contributed by atoms with E-state index in [0.29, 0.717) is 53.9 Å². The van der Waals surface area contributed by atoms with Gasteiger partial charge in [0.15, 0.2) is 11.5 Å². The number of ether oxygens (including phenoxy) is 4. The van der Waals surface area contributed by atoms with Crippen molar-refractivity contribution in [3.63, 3.8) is 0 Å².